The summed E-state index contributed by atoms with van der Waals surface area (Å²) in [6, 6.07) is 8.50. The minimum Gasteiger partial charge on any atom is -0.351 e. The molecule has 1 saturated heterocycles. The minimum atomic E-state index is -0.0306. The quantitative estimate of drug-likeness (QED) is 0.806. The number of rotatable bonds is 7. The second kappa shape index (κ2) is 8.41. The zero-order valence-corrected chi connectivity index (χ0v) is 13.7. The predicted octanol–water partition coefficient (Wildman–Crippen LogP) is 1.81. The fraction of sp³-hybridized carbons (Fsp3) is 0.562. The van der Waals surface area contributed by atoms with E-state index >= 15 is 0 Å². The van der Waals surface area contributed by atoms with Crippen LogP contribution in [0.1, 0.15) is 25.0 Å². The first-order valence-electron chi connectivity index (χ1n) is 7.62. The molecule has 0 aromatic heterocycles. The SMILES string of the molecule is CCN(CC)Cc1ccc(CNC(=O)C2CSCN2)cc1. The van der Waals surface area contributed by atoms with Crippen molar-refractivity contribution >= 4 is 17.7 Å². The third-order valence-electron chi connectivity index (χ3n) is 3.82. The van der Waals surface area contributed by atoms with E-state index in [-0.39, 0.29) is 11.9 Å². The normalized spacial score (nSPS) is 18.1. The number of carbonyl (C=O) groups is 1. The summed E-state index contributed by atoms with van der Waals surface area (Å²) in [6.07, 6.45) is 0. The van der Waals surface area contributed by atoms with Crippen LogP contribution in [0, 0.1) is 0 Å². The van der Waals surface area contributed by atoms with Crippen molar-refractivity contribution in [3.05, 3.63) is 35.4 Å². The molecule has 116 valence electrons. The number of hydrogen-bond donors (Lipinski definition) is 2. The van der Waals surface area contributed by atoms with Gasteiger partial charge >= 0.3 is 0 Å². The van der Waals surface area contributed by atoms with E-state index in [1.54, 1.807) is 11.8 Å². The summed E-state index contributed by atoms with van der Waals surface area (Å²) in [6.45, 7) is 8.10. The number of benzene rings is 1. The van der Waals surface area contributed by atoms with Crippen molar-refractivity contribution in [3.63, 3.8) is 0 Å². The zero-order valence-electron chi connectivity index (χ0n) is 12.9. The summed E-state index contributed by atoms with van der Waals surface area (Å²) < 4.78 is 0. The van der Waals surface area contributed by atoms with E-state index in [0.29, 0.717) is 6.54 Å². The number of thioether (sulfide) groups is 1. The third-order valence-corrected chi connectivity index (χ3v) is 4.76. The van der Waals surface area contributed by atoms with Gasteiger partial charge in [0.1, 0.15) is 0 Å². The lowest BCUT2D eigenvalue weighted by atomic mass is 10.1. The predicted molar refractivity (Wildman–Crippen MR) is 89.2 cm³/mol. The Kier molecular flexibility index (Phi) is 6.54. The topological polar surface area (TPSA) is 44.4 Å². The molecule has 1 amide bonds. The molecule has 1 atom stereocenters. The molecule has 4 nitrogen and oxygen atoms in total. The Balaban J connectivity index is 1.80. The smallest absolute Gasteiger partial charge is 0.238 e. The van der Waals surface area contributed by atoms with E-state index in [1.165, 1.54) is 5.56 Å². The van der Waals surface area contributed by atoms with Gasteiger partial charge in [0.05, 0.1) is 6.04 Å². The van der Waals surface area contributed by atoms with Gasteiger partial charge in [-0.2, -0.15) is 0 Å². The molecular formula is C16H25N3OS. The van der Waals surface area contributed by atoms with Gasteiger partial charge in [0.25, 0.3) is 0 Å². The van der Waals surface area contributed by atoms with Gasteiger partial charge in [0, 0.05) is 24.7 Å². The van der Waals surface area contributed by atoms with Crippen LogP contribution in [0.3, 0.4) is 0 Å². The Morgan fingerprint density at radius 2 is 1.95 bits per heavy atom. The van der Waals surface area contributed by atoms with Gasteiger partial charge in [-0.05, 0) is 24.2 Å². The number of amides is 1. The summed E-state index contributed by atoms with van der Waals surface area (Å²) in [5.74, 6) is 1.85. The molecule has 1 aliphatic rings. The molecule has 21 heavy (non-hydrogen) atoms. The van der Waals surface area contributed by atoms with Crippen LogP contribution in [-0.4, -0.2) is 41.6 Å². The van der Waals surface area contributed by atoms with Crippen molar-refractivity contribution in [1.29, 1.82) is 0 Å². The average molecular weight is 307 g/mol. The Morgan fingerprint density at radius 3 is 2.52 bits per heavy atom. The van der Waals surface area contributed by atoms with E-state index in [4.69, 9.17) is 0 Å². The summed E-state index contributed by atoms with van der Waals surface area (Å²) >= 11 is 1.77. The second-order valence-corrected chi connectivity index (χ2v) is 6.30. The number of nitrogens with one attached hydrogen (secondary N) is 2. The fourth-order valence-electron chi connectivity index (χ4n) is 2.34. The first-order valence-corrected chi connectivity index (χ1v) is 8.77. The maximum atomic E-state index is 11.9. The molecule has 1 aromatic carbocycles. The zero-order chi connectivity index (χ0) is 15.1. The van der Waals surface area contributed by atoms with E-state index in [2.05, 4.69) is 53.6 Å². The Morgan fingerprint density at radius 1 is 1.29 bits per heavy atom. The van der Waals surface area contributed by atoms with E-state index in [9.17, 15) is 4.79 Å². The first kappa shape index (κ1) is 16.3. The summed E-state index contributed by atoms with van der Waals surface area (Å²) in [7, 11) is 0. The maximum absolute atomic E-state index is 11.9. The van der Waals surface area contributed by atoms with Gasteiger partial charge in [-0.25, -0.2) is 0 Å². The van der Waals surface area contributed by atoms with Crippen molar-refractivity contribution < 1.29 is 4.79 Å². The van der Waals surface area contributed by atoms with Crippen molar-refractivity contribution in [2.75, 3.05) is 24.7 Å². The van der Waals surface area contributed by atoms with Crippen LogP contribution in [0.25, 0.3) is 0 Å². The second-order valence-electron chi connectivity index (χ2n) is 5.27. The molecule has 0 aliphatic carbocycles. The van der Waals surface area contributed by atoms with Gasteiger partial charge < -0.3 is 5.32 Å². The largest absolute Gasteiger partial charge is 0.351 e. The van der Waals surface area contributed by atoms with Crippen LogP contribution in [0.5, 0.6) is 0 Å². The molecule has 0 radical (unpaired) electrons. The van der Waals surface area contributed by atoms with Crippen LogP contribution in [0.4, 0.5) is 0 Å². The van der Waals surface area contributed by atoms with Crippen LogP contribution in [0.2, 0.25) is 0 Å². The fourth-order valence-corrected chi connectivity index (χ4v) is 3.29. The lowest BCUT2D eigenvalue weighted by Crippen LogP contribution is -2.41. The van der Waals surface area contributed by atoms with Crippen molar-refractivity contribution in [3.8, 4) is 0 Å². The molecule has 0 spiro atoms. The first-order chi connectivity index (χ1) is 10.2. The molecule has 0 bridgehead atoms. The van der Waals surface area contributed by atoms with Crippen LogP contribution >= 0.6 is 11.8 Å². The molecule has 5 heteroatoms. The Bertz CT molecular complexity index is 439. The van der Waals surface area contributed by atoms with Gasteiger partial charge in [-0.3, -0.25) is 15.0 Å². The van der Waals surface area contributed by atoms with E-state index in [1.807, 2.05) is 0 Å². The Labute approximate surface area is 131 Å². The maximum Gasteiger partial charge on any atom is 0.238 e. The van der Waals surface area contributed by atoms with Crippen molar-refractivity contribution in [2.45, 2.75) is 33.0 Å². The lowest BCUT2D eigenvalue weighted by Gasteiger charge is -2.18. The highest BCUT2D eigenvalue weighted by atomic mass is 32.2. The third kappa shape index (κ3) is 5.02. The summed E-state index contributed by atoms with van der Waals surface area (Å²) in [5, 5.41) is 6.18. The molecule has 1 unspecified atom stereocenters. The highest BCUT2D eigenvalue weighted by Gasteiger charge is 2.21. The molecule has 1 fully saturated rings. The van der Waals surface area contributed by atoms with Crippen molar-refractivity contribution in [1.82, 2.24) is 15.5 Å². The average Bonchev–Trinajstić information content (AvgIpc) is 3.06. The molecular weight excluding hydrogens is 282 g/mol. The van der Waals surface area contributed by atoms with Crippen LogP contribution in [-0.2, 0) is 17.9 Å². The van der Waals surface area contributed by atoms with E-state index < -0.39 is 0 Å². The molecule has 2 rings (SSSR count). The summed E-state index contributed by atoms with van der Waals surface area (Å²) in [4.78, 5) is 14.3. The number of carbonyl (C=O) groups excluding carboxylic acids is 1. The molecule has 1 aromatic rings. The highest BCUT2D eigenvalue weighted by molar-refractivity contribution is 7.99. The monoisotopic (exact) mass is 307 g/mol. The molecule has 2 N–H and O–H groups in total. The lowest BCUT2D eigenvalue weighted by molar-refractivity contribution is -0.122. The van der Waals surface area contributed by atoms with Gasteiger partial charge in [-0.1, -0.05) is 38.1 Å². The number of hydrogen-bond acceptors (Lipinski definition) is 4. The van der Waals surface area contributed by atoms with Gasteiger partial charge in [0.15, 0.2) is 0 Å². The van der Waals surface area contributed by atoms with E-state index in [0.717, 1.165) is 36.8 Å². The van der Waals surface area contributed by atoms with Gasteiger partial charge in [0.2, 0.25) is 5.91 Å². The number of nitrogens with zero attached hydrogens (tertiary/aromatic N) is 1. The summed E-state index contributed by atoms with van der Waals surface area (Å²) in [5.41, 5.74) is 2.47. The Hall–Kier alpha value is -1.04. The minimum absolute atomic E-state index is 0.0306. The molecule has 1 aliphatic heterocycles. The highest BCUT2D eigenvalue weighted by Crippen LogP contribution is 2.10. The van der Waals surface area contributed by atoms with Crippen LogP contribution in [0.15, 0.2) is 24.3 Å². The molecule has 0 saturated carbocycles. The molecule has 1 heterocycles. The standard InChI is InChI=1S/C16H25N3OS/c1-3-19(4-2)10-14-7-5-13(6-8-14)9-17-16(20)15-11-21-12-18-15/h5-8,15,18H,3-4,9-12H2,1-2H3,(H,17,20). The van der Waals surface area contributed by atoms with Gasteiger partial charge in [-0.15, -0.1) is 11.8 Å². The van der Waals surface area contributed by atoms with Crippen molar-refractivity contribution in [2.24, 2.45) is 0 Å². The van der Waals surface area contributed by atoms with Crippen LogP contribution < -0.4 is 10.6 Å².